The third-order valence-corrected chi connectivity index (χ3v) is 5.07. The van der Waals surface area contributed by atoms with Gasteiger partial charge in [-0.2, -0.15) is 0 Å². The first-order valence-electron chi connectivity index (χ1n) is 10.2. The van der Waals surface area contributed by atoms with E-state index in [0.29, 0.717) is 12.1 Å². The Kier molecular flexibility index (Phi) is 7.02. The molecule has 0 aromatic heterocycles. The third-order valence-electron chi connectivity index (χ3n) is 5.07. The van der Waals surface area contributed by atoms with E-state index in [0.717, 1.165) is 16.9 Å². The van der Waals surface area contributed by atoms with Crippen molar-refractivity contribution in [1.82, 2.24) is 20.9 Å². The zero-order valence-electron chi connectivity index (χ0n) is 17.4. The fourth-order valence-corrected chi connectivity index (χ4v) is 3.52. The molecule has 1 saturated heterocycles. The van der Waals surface area contributed by atoms with Crippen LogP contribution < -0.4 is 16.0 Å². The van der Waals surface area contributed by atoms with Crippen LogP contribution in [-0.4, -0.2) is 48.3 Å². The van der Waals surface area contributed by atoms with Crippen LogP contribution in [0.2, 0.25) is 0 Å². The van der Waals surface area contributed by atoms with Crippen molar-refractivity contribution in [2.45, 2.75) is 25.3 Å². The van der Waals surface area contributed by atoms with Crippen molar-refractivity contribution >= 4 is 23.8 Å². The van der Waals surface area contributed by atoms with Gasteiger partial charge in [-0.25, -0.2) is 4.79 Å². The van der Waals surface area contributed by atoms with Crippen LogP contribution in [0, 0.1) is 0 Å². The van der Waals surface area contributed by atoms with Gasteiger partial charge in [0.25, 0.3) is 5.91 Å². The smallest absolute Gasteiger partial charge is 0.325 e. The fraction of sp³-hybridized carbons (Fsp3) is 0.304. The largest absolute Gasteiger partial charge is 0.355 e. The number of hydrogen-bond donors (Lipinski definition) is 3. The summed E-state index contributed by atoms with van der Waals surface area (Å²) in [4.78, 5) is 51.0. The Bertz CT molecular complexity index is 949. The van der Waals surface area contributed by atoms with Gasteiger partial charge in [0.2, 0.25) is 11.8 Å². The topological polar surface area (TPSA) is 108 Å². The molecule has 0 bridgehead atoms. The van der Waals surface area contributed by atoms with E-state index in [1.807, 2.05) is 43.3 Å². The van der Waals surface area contributed by atoms with E-state index in [-0.39, 0.29) is 18.9 Å². The average Bonchev–Trinajstić information content (AvgIpc) is 3.02. The highest BCUT2D eigenvalue weighted by atomic mass is 16.2. The van der Waals surface area contributed by atoms with Crippen molar-refractivity contribution in [1.29, 1.82) is 0 Å². The van der Waals surface area contributed by atoms with Crippen LogP contribution in [-0.2, 0) is 26.3 Å². The monoisotopic (exact) mass is 422 g/mol. The molecule has 0 spiro atoms. The molecule has 0 saturated carbocycles. The Hall–Kier alpha value is -3.68. The molecule has 162 valence electrons. The molecule has 2 aromatic carbocycles. The third kappa shape index (κ3) is 5.09. The number of amides is 5. The molecular formula is C23H26N4O4. The Morgan fingerprint density at radius 3 is 2.23 bits per heavy atom. The van der Waals surface area contributed by atoms with Gasteiger partial charge in [0.1, 0.15) is 6.54 Å². The van der Waals surface area contributed by atoms with Gasteiger partial charge in [0.05, 0.1) is 6.54 Å². The molecule has 1 atom stereocenters. The van der Waals surface area contributed by atoms with Gasteiger partial charge in [-0.1, -0.05) is 67.6 Å². The van der Waals surface area contributed by atoms with Crippen LogP contribution in [0.4, 0.5) is 4.79 Å². The predicted octanol–water partition coefficient (Wildman–Crippen LogP) is 1.32. The lowest BCUT2D eigenvalue weighted by Crippen LogP contribution is -2.47. The molecule has 3 N–H and O–H groups in total. The SMILES string of the molecule is CCCNC(=O)CNC(=O)CN1C(=O)N[C@](Cc2ccccc2)(c2ccccc2)C1=O. The summed E-state index contributed by atoms with van der Waals surface area (Å²) in [6.45, 7) is 1.76. The summed E-state index contributed by atoms with van der Waals surface area (Å²) in [5, 5.41) is 7.91. The molecule has 3 rings (SSSR count). The normalized spacial score (nSPS) is 17.9. The van der Waals surface area contributed by atoms with Crippen molar-refractivity contribution in [3.8, 4) is 0 Å². The molecule has 31 heavy (non-hydrogen) atoms. The number of imide groups is 1. The molecule has 2 aromatic rings. The Morgan fingerprint density at radius 2 is 1.58 bits per heavy atom. The lowest BCUT2D eigenvalue weighted by molar-refractivity contribution is -0.135. The number of rotatable bonds is 9. The van der Waals surface area contributed by atoms with E-state index in [1.54, 1.807) is 24.3 Å². The second-order valence-electron chi connectivity index (χ2n) is 7.38. The van der Waals surface area contributed by atoms with Crippen LogP contribution in [0.3, 0.4) is 0 Å². The zero-order chi connectivity index (χ0) is 22.3. The summed E-state index contributed by atoms with van der Waals surface area (Å²) in [5.41, 5.74) is 0.205. The second kappa shape index (κ2) is 9.88. The Balaban J connectivity index is 1.77. The maximum absolute atomic E-state index is 13.4. The van der Waals surface area contributed by atoms with E-state index in [9.17, 15) is 19.2 Å². The maximum atomic E-state index is 13.4. The molecule has 1 aliphatic rings. The molecule has 5 amide bonds. The predicted molar refractivity (Wildman–Crippen MR) is 115 cm³/mol. The molecule has 0 radical (unpaired) electrons. The van der Waals surface area contributed by atoms with Crippen LogP contribution >= 0.6 is 0 Å². The molecule has 1 heterocycles. The number of urea groups is 1. The number of carbonyl (C=O) groups is 4. The zero-order valence-corrected chi connectivity index (χ0v) is 17.4. The highest BCUT2D eigenvalue weighted by molar-refractivity contribution is 6.09. The minimum Gasteiger partial charge on any atom is -0.355 e. The minimum atomic E-state index is -1.31. The van der Waals surface area contributed by atoms with Crippen LogP contribution in [0.25, 0.3) is 0 Å². The van der Waals surface area contributed by atoms with Crippen molar-refractivity contribution < 1.29 is 19.2 Å². The van der Waals surface area contributed by atoms with E-state index < -0.39 is 29.9 Å². The molecule has 0 aliphatic carbocycles. The first kappa shape index (κ1) is 22.0. The summed E-state index contributed by atoms with van der Waals surface area (Å²) in [6.07, 6.45) is 1.03. The van der Waals surface area contributed by atoms with Crippen molar-refractivity contribution in [3.63, 3.8) is 0 Å². The molecule has 1 aliphatic heterocycles. The number of nitrogens with one attached hydrogen (secondary N) is 3. The molecule has 8 nitrogen and oxygen atoms in total. The van der Waals surface area contributed by atoms with Crippen LogP contribution in [0.5, 0.6) is 0 Å². The van der Waals surface area contributed by atoms with Gasteiger partial charge >= 0.3 is 6.03 Å². The van der Waals surface area contributed by atoms with Gasteiger partial charge in [-0.3, -0.25) is 19.3 Å². The lowest BCUT2D eigenvalue weighted by atomic mass is 9.83. The highest BCUT2D eigenvalue weighted by Crippen LogP contribution is 2.32. The molecule has 0 unspecified atom stereocenters. The molecule has 8 heteroatoms. The van der Waals surface area contributed by atoms with E-state index >= 15 is 0 Å². The highest BCUT2D eigenvalue weighted by Gasteiger charge is 2.52. The fourth-order valence-electron chi connectivity index (χ4n) is 3.52. The van der Waals surface area contributed by atoms with Gasteiger partial charge < -0.3 is 16.0 Å². The summed E-state index contributed by atoms with van der Waals surface area (Å²) < 4.78 is 0. The van der Waals surface area contributed by atoms with Gasteiger partial charge in [-0.05, 0) is 17.5 Å². The van der Waals surface area contributed by atoms with Gasteiger partial charge in [0.15, 0.2) is 5.54 Å². The first-order valence-corrected chi connectivity index (χ1v) is 10.2. The standard InChI is InChI=1S/C23H26N4O4/c1-2-13-24-19(28)15-25-20(29)16-27-21(30)23(26-22(27)31,18-11-7-4-8-12-18)14-17-9-5-3-6-10-17/h3-12H,2,13-16H2,1H3,(H,24,28)(H,25,29)(H,26,31)/t23-/m1/s1. The van der Waals surface area contributed by atoms with E-state index in [2.05, 4.69) is 16.0 Å². The summed E-state index contributed by atoms with van der Waals surface area (Å²) in [6, 6.07) is 17.7. The molecule has 1 fully saturated rings. The van der Waals surface area contributed by atoms with Crippen LogP contribution in [0.15, 0.2) is 60.7 Å². The number of hydrogen-bond acceptors (Lipinski definition) is 4. The van der Waals surface area contributed by atoms with E-state index in [1.165, 1.54) is 0 Å². The number of benzene rings is 2. The lowest BCUT2D eigenvalue weighted by Gasteiger charge is -2.27. The Morgan fingerprint density at radius 1 is 0.935 bits per heavy atom. The summed E-state index contributed by atoms with van der Waals surface area (Å²) >= 11 is 0. The minimum absolute atomic E-state index is 0.212. The van der Waals surface area contributed by atoms with Gasteiger partial charge in [-0.15, -0.1) is 0 Å². The quantitative estimate of drug-likeness (QED) is 0.530. The second-order valence-corrected chi connectivity index (χ2v) is 7.38. The number of nitrogens with zero attached hydrogens (tertiary/aromatic N) is 1. The average molecular weight is 422 g/mol. The molecular weight excluding hydrogens is 396 g/mol. The first-order chi connectivity index (χ1) is 15.0. The van der Waals surface area contributed by atoms with Crippen molar-refractivity contribution in [3.05, 3.63) is 71.8 Å². The Labute approximate surface area is 181 Å². The van der Waals surface area contributed by atoms with E-state index in [4.69, 9.17) is 0 Å². The van der Waals surface area contributed by atoms with Crippen molar-refractivity contribution in [2.24, 2.45) is 0 Å². The summed E-state index contributed by atoms with van der Waals surface area (Å²) in [5.74, 6) is -1.41. The summed E-state index contributed by atoms with van der Waals surface area (Å²) in [7, 11) is 0. The number of carbonyl (C=O) groups excluding carboxylic acids is 4. The maximum Gasteiger partial charge on any atom is 0.325 e. The van der Waals surface area contributed by atoms with Gasteiger partial charge in [0, 0.05) is 13.0 Å². The van der Waals surface area contributed by atoms with Crippen LogP contribution in [0.1, 0.15) is 24.5 Å². The van der Waals surface area contributed by atoms with Crippen molar-refractivity contribution in [2.75, 3.05) is 19.6 Å².